The van der Waals surface area contributed by atoms with Crippen LogP contribution < -0.4 is 10.9 Å². The van der Waals surface area contributed by atoms with Crippen molar-refractivity contribution in [2.75, 3.05) is 13.1 Å². The first kappa shape index (κ1) is 9.40. The van der Waals surface area contributed by atoms with Crippen LogP contribution in [0.25, 0.3) is 0 Å². The fourth-order valence-electron chi connectivity index (χ4n) is 1.82. The van der Waals surface area contributed by atoms with Crippen LogP contribution >= 0.6 is 0 Å². The monoisotopic (exact) mass is 193 g/mol. The van der Waals surface area contributed by atoms with Crippen molar-refractivity contribution in [2.24, 2.45) is 0 Å². The van der Waals surface area contributed by atoms with E-state index in [-0.39, 0.29) is 11.6 Å². The summed E-state index contributed by atoms with van der Waals surface area (Å²) in [7, 11) is 0. The average molecular weight is 193 g/mol. The molecule has 0 aromatic carbocycles. The van der Waals surface area contributed by atoms with E-state index >= 15 is 0 Å². The number of piperidine rings is 1. The third kappa shape index (κ3) is 1.70. The van der Waals surface area contributed by atoms with Crippen molar-refractivity contribution in [3.63, 3.8) is 0 Å². The highest BCUT2D eigenvalue weighted by Gasteiger charge is 2.16. The van der Waals surface area contributed by atoms with Crippen LogP contribution in [-0.2, 0) is 0 Å². The Hall–Kier alpha value is -1.16. The zero-order valence-electron chi connectivity index (χ0n) is 8.36. The van der Waals surface area contributed by atoms with Gasteiger partial charge in [-0.3, -0.25) is 4.79 Å². The number of hydrogen-bond acceptors (Lipinski definition) is 3. The third-order valence-corrected chi connectivity index (χ3v) is 2.68. The van der Waals surface area contributed by atoms with Gasteiger partial charge in [-0.2, -0.15) is 5.10 Å². The van der Waals surface area contributed by atoms with Crippen LogP contribution in [0.5, 0.6) is 0 Å². The third-order valence-electron chi connectivity index (χ3n) is 2.68. The Morgan fingerprint density at radius 1 is 1.64 bits per heavy atom. The van der Waals surface area contributed by atoms with E-state index in [4.69, 9.17) is 0 Å². The number of nitrogens with zero attached hydrogens (tertiary/aromatic N) is 2. The number of nitrogens with one attached hydrogen (secondary N) is 1. The van der Waals surface area contributed by atoms with Gasteiger partial charge in [-0.25, -0.2) is 4.68 Å². The van der Waals surface area contributed by atoms with Gasteiger partial charge >= 0.3 is 0 Å². The summed E-state index contributed by atoms with van der Waals surface area (Å²) >= 11 is 0. The standard InChI is InChI=1S/C10H15N3O/c1-8-4-6-12-13(10(8)14)9-3-2-5-11-7-9/h4,6,9,11H,2-3,5,7H2,1H3/t9-/m1/s1. The molecule has 1 fully saturated rings. The lowest BCUT2D eigenvalue weighted by molar-refractivity contribution is 0.334. The van der Waals surface area contributed by atoms with Crippen LogP contribution in [0.1, 0.15) is 24.4 Å². The van der Waals surface area contributed by atoms with Crippen molar-refractivity contribution in [3.05, 3.63) is 28.2 Å². The Kier molecular flexibility index (Phi) is 2.63. The van der Waals surface area contributed by atoms with E-state index < -0.39 is 0 Å². The topological polar surface area (TPSA) is 46.9 Å². The first-order valence-electron chi connectivity index (χ1n) is 5.04. The van der Waals surface area contributed by atoms with E-state index in [9.17, 15) is 4.79 Å². The first-order valence-corrected chi connectivity index (χ1v) is 5.04. The summed E-state index contributed by atoms with van der Waals surface area (Å²) in [5.41, 5.74) is 0.812. The molecule has 1 aliphatic heterocycles. The highest BCUT2D eigenvalue weighted by atomic mass is 16.1. The minimum atomic E-state index is 0.0428. The molecule has 1 aromatic rings. The molecule has 0 unspecified atom stereocenters. The van der Waals surface area contributed by atoms with Gasteiger partial charge in [0.15, 0.2) is 0 Å². The molecular weight excluding hydrogens is 178 g/mol. The predicted octanol–water partition coefficient (Wildman–Crippen LogP) is 0.476. The summed E-state index contributed by atoms with van der Waals surface area (Å²) in [6.07, 6.45) is 3.86. The molecule has 2 heterocycles. The van der Waals surface area contributed by atoms with E-state index in [1.165, 1.54) is 0 Å². The van der Waals surface area contributed by atoms with E-state index in [0.717, 1.165) is 31.5 Å². The molecule has 0 amide bonds. The van der Waals surface area contributed by atoms with Gasteiger partial charge in [0.2, 0.25) is 0 Å². The Morgan fingerprint density at radius 3 is 3.21 bits per heavy atom. The van der Waals surface area contributed by atoms with Gasteiger partial charge in [0.1, 0.15) is 0 Å². The van der Waals surface area contributed by atoms with Crippen LogP contribution in [-0.4, -0.2) is 22.9 Å². The van der Waals surface area contributed by atoms with Crippen molar-refractivity contribution < 1.29 is 0 Å². The average Bonchev–Trinajstić information content (AvgIpc) is 2.23. The second kappa shape index (κ2) is 3.92. The fraction of sp³-hybridized carbons (Fsp3) is 0.600. The Balaban J connectivity index is 2.31. The molecule has 4 heteroatoms. The molecule has 0 spiro atoms. The SMILES string of the molecule is Cc1ccnn([C@@H]2CCCNC2)c1=O. The lowest BCUT2D eigenvalue weighted by Gasteiger charge is -2.23. The molecule has 0 radical (unpaired) electrons. The maximum atomic E-state index is 11.7. The molecule has 2 rings (SSSR count). The van der Waals surface area contributed by atoms with Crippen LogP contribution in [0.15, 0.2) is 17.1 Å². The number of aromatic nitrogens is 2. The summed E-state index contributed by atoms with van der Waals surface area (Å²) in [5, 5.41) is 7.41. The number of hydrogen-bond donors (Lipinski definition) is 1. The molecular formula is C10H15N3O. The summed E-state index contributed by atoms with van der Waals surface area (Å²) < 4.78 is 1.61. The lowest BCUT2D eigenvalue weighted by Crippen LogP contribution is -2.38. The van der Waals surface area contributed by atoms with E-state index in [1.54, 1.807) is 16.9 Å². The van der Waals surface area contributed by atoms with Crippen LogP contribution in [0, 0.1) is 6.92 Å². The molecule has 1 N–H and O–H groups in total. The molecule has 4 nitrogen and oxygen atoms in total. The first-order chi connectivity index (χ1) is 6.79. The smallest absolute Gasteiger partial charge is 0.269 e. The van der Waals surface area contributed by atoms with E-state index in [2.05, 4.69) is 10.4 Å². The van der Waals surface area contributed by atoms with E-state index in [0.29, 0.717) is 0 Å². The molecule has 14 heavy (non-hydrogen) atoms. The number of rotatable bonds is 1. The Morgan fingerprint density at radius 2 is 2.50 bits per heavy atom. The maximum absolute atomic E-state index is 11.7. The van der Waals surface area contributed by atoms with Crippen molar-refractivity contribution in [1.82, 2.24) is 15.1 Å². The summed E-state index contributed by atoms with van der Waals surface area (Å²) in [6, 6.07) is 1.99. The molecule has 1 atom stereocenters. The normalized spacial score (nSPS) is 22.2. The Labute approximate surface area is 82.9 Å². The van der Waals surface area contributed by atoms with Gasteiger partial charge in [-0.05, 0) is 32.4 Å². The predicted molar refractivity (Wildman–Crippen MR) is 54.4 cm³/mol. The van der Waals surface area contributed by atoms with Gasteiger partial charge in [-0.1, -0.05) is 0 Å². The van der Waals surface area contributed by atoms with Gasteiger partial charge < -0.3 is 5.32 Å². The zero-order valence-corrected chi connectivity index (χ0v) is 8.36. The lowest BCUT2D eigenvalue weighted by atomic mass is 10.1. The molecule has 0 aliphatic carbocycles. The summed E-state index contributed by atoms with van der Waals surface area (Å²) in [4.78, 5) is 11.7. The van der Waals surface area contributed by atoms with E-state index in [1.807, 2.05) is 6.92 Å². The second-order valence-corrected chi connectivity index (χ2v) is 3.76. The fourth-order valence-corrected chi connectivity index (χ4v) is 1.82. The van der Waals surface area contributed by atoms with Crippen LogP contribution in [0.4, 0.5) is 0 Å². The van der Waals surface area contributed by atoms with Crippen LogP contribution in [0.3, 0.4) is 0 Å². The summed E-state index contributed by atoms with van der Waals surface area (Å²) in [6.45, 7) is 3.74. The van der Waals surface area contributed by atoms with Gasteiger partial charge in [0.05, 0.1) is 6.04 Å². The second-order valence-electron chi connectivity index (χ2n) is 3.76. The molecule has 0 bridgehead atoms. The van der Waals surface area contributed by atoms with Crippen LogP contribution in [0.2, 0.25) is 0 Å². The Bertz CT molecular complexity index is 366. The molecule has 1 aromatic heterocycles. The van der Waals surface area contributed by atoms with Gasteiger partial charge in [-0.15, -0.1) is 0 Å². The molecule has 1 saturated heterocycles. The summed E-state index contributed by atoms with van der Waals surface area (Å²) in [5.74, 6) is 0. The molecule has 76 valence electrons. The highest BCUT2D eigenvalue weighted by molar-refractivity contribution is 5.04. The quantitative estimate of drug-likeness (QED) is 0.705. The van der Waals surface area contributed by atoms with Crippen molar-refractivity contribution in [3.8, 4) is 0 Å². The van der Waals surface area contributed by atoms with Crippen molar-refractivity contribution in [1.29, 1.82) is 0 Å². The molecule has 1 aliphatic rings. The van der Waals surface area contributed by atoms with Gasteiger partial charge in [0, 0.05) is 18.3 Å². The minimum absolute atomic E-state index is 0.0428. The number of aryl methyl sites for hydroxylation is 1. The largest absolute Gasteiger partial charge is 0.315 e. The van der Waals surface area contributed by atoms with Crippen molar-refractivity contribution in [2.45, 2.75) is 25.8 Å². The highest BCUT2D eigenvalue weighted by Crippen LogP contribution is 2.12. The van der Waals surface area contributed by atoms with Gasteiger partial charge in [0.25, 0.3) is 5.56 Å². The minimum Gasteiger partial charge on any atom is -0.315 e. The van der Waals surface area contributed by atoms with Crippen molar-refractivity contribution >= 4 is 0 Å². The zero-order chi connectivity index (χ0) is 9.97. The maximum Gasteiger partial charge on any atom is 0.269 e. The molecule has 0 saturated carbocycles.